The Morgan fingerprint density at radius 1 is 1.24 bits per heavy atom. The third-order valence-electron chi connectivity index (χ3n) is 6.42. The molecule has 2 amide bonds. The number of hydrogen-bond donors (Lipinski definition) is 2. The van der Waals surface area contributed by atoms with Crippen LogP contribution in [0, 0.1) is 0 Å². The van der Waals surface area contributed by atoms with Gasteiger partial charge in [0.1, 0.15) is 5.75 Å². The lowest BCUT2D eigenvalue weighted by Gasteiger charge is -2.36. The number of nitrogens with zero attached hydrogens (tertiary/aromatic N) is 3. The lowest BCUT2D eigenvalue weighted by molar-refractivity contribution is -0.115. The molecule has 3 heterocycles. The number of rotatable bonds is 7. The maximum atomic E-state index is 12.9. The normalized spacial score (nSPS) is 22.1. The molecule has 3 N–H and O–H groups in total. The highest BCUT2D eigenvalue weighted by Gasteiger charge is 2.29. The number of carbonyl (C=O) groups excluding carboxylic acids is 2. The highest BCUT2D eigenvalue weighted by Crippen LogP contribution is 2.30. The van der Waals surface area contributed by atoms with Crippen LogP contribution in [0.2, 0.25) is 0 Å². The Labute approximate surface area is 207 Å². The Morgan fingerprint density at radius 3 is 2.74 bits per heavy atom. The quantitative estimate of drug-likeness (QED) is 0.337. The van der Waals surface area contributed by atoms with Gasteiger partial charge in [-0.3, -0.25) is 9.79 Å². The summed E-state index contributed by atoms with van der Waals surface area (Å²) in [5.41, 5.74) is 6.21. The fourth-order valence-electron chi connectivity index (χ4n) is 4.53. The van der Waals surface area contributed by atoms with E-state index in [9.17, 15) is 9.59 Å². The molecule has 3 saturated heterocycles. The van der Waals surface area contributed by atoms with Gasteiger partial charge in [0.2, 0.25) is 0 Å². The van der Waals surface area contributed by atoms with Gasteiger partial charge in [0, 0.05) is 31.2 Å². The van der Waals surface area contributed by atoms with Crippen LogP contribution in [0.4, 0.5) is 4.79 Å². The molecule has 1 aromatic carbocycles. The minimum atomic E-state index is -0.332. The molecule has 0 aliphatic carbocycles. The van der Waals surface area contributed by atoms with Crippen molar-refractivity contribution >= 4 is 49.6 Å². The van der Waals surface area contributed by atoms with Gasteiger partial charge < -0.3 is 25.6 Å². The Hall–Kier alpha value is -1.93. The van der Waals surface area contributed by atoms with Crippen molar-refractivity contribution in [3.63, 3.8) is 0 Å². The summed E-state index contributed by atoms with van der Waals surface area (Å²) in [6.07, 6.45) is 7.76. The molecule has 3 aliphatic heterocycles. The van der Waals surface area contributed by atoms with Crippen LogP contribution in [0.25, 0.3) is 6.08 Å². The van der Waals surface area contributed by atoms with E-state index in [0.29, 0.717) is 53.6 Å². The molecule has 1 aromatic rings. The van der Waals surface area contributed by atoms with Gasteiger partial charge in [0.15, 0.2) is 5.17 Å². The van der Waals surface area contributed by atoms with E-state index < -0.39 is 0 Å². The fourth-order valence-corrected chi connectivity index (χ4v) is 5.64. The van der Waals surface area contributed by atoms with Gasteiger partial charge in [-0.2, -0.15) is 0 Å². The van der Waals surface area contributed by atoms with Crippen LogP contribution < -0.4 is 21.1 Å². The lowest BCUT2D eigenvalue weighted by Crippen LogP contribution is -2.46. The number of benzene rings is 1. The number of piperidine rings is 1. The number of aliphatic imine (C=N–C) groups is 1. The van der Waals surface area contributed by atoms with Crippen LogP contribution in [0.5, 0.6) is 5.75 Å². The van der Waals surface area contributed by atoms with Gasteiger partial charge >= 0.3 is 6.09 Å². The molecule has 3 fully saturated rings. The molecule has 0 aromatic heterocycles. The molecule has 1 atom stereocenters. The number of hydrogen-bond acceptors (Lipinski definition) is 7. The molecule has 10 heteroatoms. The highest BCUT2D eigenvalue weighted by molar-refractivity contribution is 8.18. The van der Waals surface area contributed by atoms with Gasteiger partial charge in [-0.1, -0.05) is 6.07 Å². The molecule has 4 rings (SSSR count). The van der Waals surface area contributed by atoms with E-state index >= 15 is 0 Å². The molecular weight excluding hydrogens is 469 g/mol. The van der Waals surface area contributed by atoms with Gasteiger partial charge in [0.25, 0.3) is 5.91 Å². The zero-order valence-electron chi connectivity index (χ0n) is 19.5. The minimum absolute atomic E-state index is 0.196. The molecule has 184 valence electrons. The summed E-state index contributed by atoms with van der Waals surface area (Å²) in [5.74, 6) is 0.255. The Kier molecular flexibility index (Phi) is 9.00. The first-order chi connectivity index (χ1) is 16.5. The molecular formula is C24H34N5O3PS. The van der Waals surface area contributed by atoms with E-state index in [-0.39, 0.29) is 12.0 Å². The van der Waals surface area contributed by atoms with E-state index in [0.717, 1.165) is 31.0 Å². The monoisotopic (exact) mass is 503 g/mol. The van der Waals surface area contributed by atoms with Crippen LogP contribution >= 0.6 is 21.0 Å². The van der Waals surface area contributed by atoms with Crippen molar-refractivity contribution in [2.24, 2.45) is 10.7 Å². The number of amidine groups is 1. The summed E-state index contributed by atoms with van der Waals surface area (Å²) < 4.78 is 5.80. The average molecular weight is 504 g/mol. The SMILES string of the molecule is NCCCCN=C1NC(=O)/C(=C\c2cc(P)ccc2OC(=O)N2CCC(N3CCCC3)CC2)S1. The number of thioether (sulfide) groups is 1. The topological polar surface area (TPSA) is 100 Å². The largest absolute Gasteiger partial charge is 0.415 e. The van der Waals surface area contributed by atoms with E-state index in [4.69, 9.17) is 10.5 Å². The van der Waals surface area contributed by atoms with Crippen LogP contribution in [0.15, 0.2) is 28.1 Å². The number of unbranched alkanes of at least 4 members (excludes halogenated alkanes) is 1. The van der Waals surface area contributed by atoms with E-state index in [1.165, 1.54) is 37.7 Å². The zero-order chi connectivity index (χ0) is 23.9. The van der Waals surface area contributed by atoms with Crippen molar-refractivity contribution in [1.29, 1.82) is 0 Å². The third-order valence-corrected chi connectivity index (χ3v) is 7.72. The number of nitrogens with two attached hydrogens (primary N) is 1. The van der Waals surface area contributed by atoms with Gasteiger partial charge in [-0.25, -0.2) is 4.79 Å². The third kappa shape index (κ3) is 6.60. The summed E-state index contributed by atoms with van der Waals surface area (Å²) in [4.78, 5) is 34.7. The van der Waals surface area contributed by atoms with Crippen molar-refractivity contribution in [2.45, 2.75) is 44.6 Å². The predicted molar refractivity (Wildman–Crippen MR) is 142 cm³/mol. The summed E-state index contributed by atoms with van der Waals surface area (Å²) >= 11 is 1.30. The minimum Gasteiger partial charge on any atom is -0.410 e. The summed E-state index contributed by atoms with van der Waals surface area (Å²) in [5, 5.41) is 4.34. The Morgan fingerprint density at radius 2 is 2.00 bits per heavy atom. The van der Waals surface area contributed by atoms with Crippen LogP contribution in [0.3, 0.4) is 0 Å². The smallest absolute Gasteiger partial charge is 0.410 e. The van der Waals surface area contributed by atoms with Gasteiger partial charge in [0.05, 0.1) is 4.91 Å². The standard InChI is InChI=1S/C24H34N5O3PS/c25-9-1-2-10-26-23-27-22(30)21(34-23)16-17-15-19(33)5-6-20(17)32-24(31)29-13-7-18(8-14-29)28-11-3-4-12-28/h5-6,15-16,18H,1-4,7-14,25,33H2,(H,26,27,30)/b21-16+. The first kappa shape index (κ1) is 25.2. The molecule has 0 spiro atoms. The molecule has 34 heavy (non-hydrogen) atoms. The van der Waals surface area contributed by atoms with Crippen molar-refractivity contribution in [2.75, 3.05) is 39.3 Å². The summed E-state index contributed by atoms with van der Waals surface area (Å²) in [6, 6.07) is 6.13. The second kappa shape index (κ2) is 12.2. The number of carbonyl (C=O) groups is 2. The average Bonchev–Trinajstić information content (AvgIpc) is 3.49. The van der Waals surface area contributed by atoms with Gasteiger partial charge in [-0.05, 0) is 93.4 Å². The maximum absolute atomic E-state index is 12.9. The molecule has 0 radical (unpaired) electrons. The Bertz CT molecular complexity index is 956. The number of ether oxygens (including phenoxy) is 1. The van der Waals surface area contributed by atoms with Crippen LogP contribution in [-0.2, 0) is 4.79 Å². The zero-order valence-corrected chi connectivity index (χ0v) is 21.5. The van der Waals surface area contributed by atoms with E-state index in [1.807, 2.05) is 12.1 Å². The number of amides is 2. The van der Waals surface area contributed by atoms with Crippen molar-refractivity contribution < 1.29 is 14.3 Å². The molecule has 8 nitrogen and oxygen atoms in total. The van der Waals surface area contributed by atoms with Crippen molar-refractivity contribution in [3.8, 4) is 5.75 Å². The second-order valence-electron chi connectivity index (χ2n) is 8.87. The fraction of sp³-hybridized carbons (Fsp3) is 0.542. The van der Waals surface area contributed by atoms with Crippen molar-refractivity contribution in [3.05, 3.63) is 28.7 Å². The predicted octanol–water partition coefficient (Wildman–Crippen LogP) is 2.54. The van der Waals surface area contributed by atoms with Crippen LogP contribution in [-0.4, -0.2) is 72.3 Å². The van der Waals surface area contributed by atoms with E-state index in [1.54, 1.807) is 17.0 Å². The van der Waals surface area contributed by atoms with Gasteiger partial charge in [-0.15, -0.1) is 9.24 Å². The first-order valence-corrected chi connectivity index (χ1v) is 13.5. The lowest BCUT2D eigenvalue weighted by atomic mass is 10.0. The summed E-state index contributed by atoms with van der Waals surface area (Å²) in [6.45, 7) is 5.05. The second-order valence-corrected chi connectivity index (χ2v) is 10.6. The molecule has 0 bridgehead atoms. The highest BCUT2D eigenvalue weighted by atomic mass is 32.2. The Balaban J connectivity index is 1.39. The maximum Gasteiger partial charge on any atom is 0.415 e. The van der Waals surface area contributed by atoms with Crippen LogP contribution in [0.1, 0.15) is 44.1 Å². The molecule has 1 unspecified atom stereocenters. The number of likely N-dealkylation sites (tertiary alicyclic amines) is 2. The molecule has 0 saturated carbocycles. The molecule has 3 aliphatic rings. The number of nitrogens with one attached hydrogen (secondary N) is 1. The first-order valence-electron chi connectivity index (χ1n) is 12.1. The van der Waals surface area contributed by atoms with Crippen molar-refractivity contribution in [1.82, 2.24) is 15.1 Å². The van der Waals surface area contributed by atoms with E-state index in [2.05, 4.69) is 24.4 Å². The summed E-state index contributed by atoms with van der Waals surface area (Å²) in [7, 11) is 2.64.